The van der Waals surface area contributed by atoms with Crippen LogP contribution in [0.15, 0.2) is 71.2 Å². The Hall–Kier alpha value is -3.01. The summed E-state index contributed by atoms with van der Waals surface area (Å²) in [6.07, 6.45) is 5.71. The van der Waals surface area contributed by atoms with Gasteiger partial charge in [0.1, 0.15) is 0 Å². The molecule has 0 unspecified atom stereocenters. The Morgan fingerprint density at radius 2 is 1.71 bits per heavy atom. The number of hydrogen-bond donors (Lipinski definition) is 1. The molecule has 1 saturated heterocycles. The Morgan fingerprint density at radius 3 is 2.39 bits per heavy atom. The van der Waals surface area contributed by atoms with Crippen LogP contribution in [0.2, 0.25) is 0 Å². The van der Waals surface area contributed by atoms with Gasteiger partial charge in [-0.3, -0.25) is 9.20 Å². The number of anilines is 1. The first kappa shape index (κ1) is 19.9. The van der Waals surface area contributed by atoms with E-state index in [1.807, 2.05) is 46.4 Å². The van der Waals surface area contributed by atoms with Crippen LogP contribution in [-0.4, -0.2) is 41.1 Å². The van der Waals surface area contributed by atoms with Crippen molar-refractivity contribution in [2.45, 2.75) is 17.7 Å². The van der Waals surface area contributed by atoms with E-state index in [0.29, 0.717) is 24.3 Å². The quantitative estimate of drug-likeness (QED) is 0.494. The molecule has 1 N–H and O–H groups in total. The Bertz CT molecular complexity index is 1310. The minimum atomic E-state index is -3.48. The number of fused-ring (bicyclic) bond motifs is 1. The predicted molar refractivity (Wildman–Crippen MR) is 121 cm³/mol. The molecule has 31 heavy (non-hydrogen) atoms. The molecule has 3 heterocycles. The van der Waals surface area contributed by atoms with E-state index in [4.69, 9.17) is 0 Å². The number of imidazole rings is 1. The summed E-state index contributed by atoms with van der Waals surface area (Å²) < 4.78 is 28.7. The third-order valence-electron chi connectivity index (χ3n) is 5.35. The van der Waals surface area contributed by atoms with Gasteiger partial charge in [-0.15, -0.1) is 11.3 Å². The van der Waals surface area contributed by atoms with Gasteiger partial charge in [0.05, 0.1) is 10.6 Å². The van der Waals surface area contributed by atoms with Crippen LogP contribution < -0.4 is 5.32 Å². The number of hydrogen-bond acceptors (Lipinski definition) is 5. The summed E-state index contributed by atoms with van der Waals surface area (Å²) in [5, 5.41) is 4.83. The maximum Gasteiger partial charge on any atom is 0.255 e. The molecule has 158 valence electrons. The minimum absolute atomic E-state index is 0.218. The van der Waals surface area contributed by atoms with E-state index in [1.54, 1.807) is 23.5 Å². The van der Waals surface area contributed by atoms with Crippen molar-refractivity contribution in [3.8, 4) is 11.3 Å². The van der Waals surface area contributed by atoms with Gasteiger partial charge in [-0.25, -0.2) is 13.4 Å². The van der Waals surface area contributed by atoms with Crippen LogP contribution in [0.3, 0.4) is 0 Å². The molecule has 0 spiro atoms. The number of nitrogens with zero attached hydrogens (tertiary/aromatic N) is 3. The molecule has 1 fully saturated rings. The molecule has 1 amide bonds. The Balaban J connectivity index is 1.28. The lowest BCUT2D eigenvalue weighted by Gasteiger charge is -2.15. The lowest BCUT2D eigenvalue weighted by molar-refractivity contribution is 0.102. The van der Waals surface area contributed by atoms with Crippen molar-refractivity contribution in [3.63, 3.8) is 0 Å². The van der Waals surface area contributed by atoms with Gasteiger partial charge in [0.25, 0.3) is 5.91 Å². The fraction of sp³-hybridized carbons (Fsp3) is 0.182. The van der Waals surface area contributed by atoms with Crippen LogP contribution in [0.25, 0.3) is 16.2 Å². The van der Waals surface area contributed by atoms with Crippen molar-refractivity contribution in [2.24, 2.45) is 0 Å². The molecule has 2 aromatic carbocycles. The second-order valence-electron chi connectivity index (χ2n) is 7.39. The van der Waals surface area contributed by atoms with E-state index in [1.165, 1.54) is 16.4 Å². The van der Waals surface area contributed by atoms with Gasteiger partial charge in [-0.2, -0.15) is 4.31 Å². The molecule has 9 heteroatoms. The van der Waals surface area contributed by atoms with Crippen LogP contribution in [0, 0.1) is 0 Å². The van der Waals surface area contributed by atoms with E-state index < -0.39 is 10.0 Å². The van der Waals surface area contributed by atoms with Crippen LogP contribution in [0.5, 0.6) is 0 Å². The molecular formula is C22H20N4O3S2. The summed E-state index contributed by atoms with van der Waals surface area (Å²) in [5.41, 5.74) is 2.90. The Kier molecular flexibility index (Phi) is 5.09. The maximum atomic E-state index is 12.6. The van der Waals surface area contributed by atoms with Crippen molar-refractivity contribution in [3.05, 3.63) is 71.9 Å². The third-order valence-corrected chi connectivity index (χ3v) is 8.03. The number of carbonyl (C=O) groups excluding carboxylic acids is 1. The molecular weight excluding hydrogens is 432 g/mol. The van der Waals surface area contributed by atoms with Gasteiger partial charge < -0.3 is 5.32 Å². The van der Waals surface area contributed by atoms with Gasteiger partial charge in [0, 0.05) is 47.7 Å². The van der Waals surface area contributed by atoms with Gasteiger partial charge in [0.2, 0.25) is 10.0 Å². The largest absolute Gasteiger partial charge is 0.322 e. The molecule has 1 aliphatic heterocycles. The third kappa shape index (κ3) is 3.87. The number of aromatic nitrogens is 2. The maximum absolute atomic E-state index is 12.6. The average molecular weight is 453 g/mol. The van der Waals surface area contributed by atoms with Crippen LogP contribution >= 0.6 is 11.3 Å². The van der Waals surface area contributed by atoms with Crippen LogP contribution in [0.4, 0.5) is 5.69 Å². The number of carbonyl (C=O) groups is 1. The fourth-order valence-electron chi connectivity index (χ4n) is 3.65. The standard InChI is InChI=1S/C22H20N4O3S2/c27-21(17-5-9-19(10-6-17)31(28,29)26-11-1-2-12-26)23-18-7-3-16(4-8-18)20-15-25-13-14-30-22(25)24-20/h3-10,13-15H,1-2,11-12H2,(H,23,27). The second-order valence-corrected chi connectivity index (χ2v) is 10.2. The highest BCUT2D eigenvalue weighted by Gasteiger charge is 2.27. The number of nitrogens with one attached hydrogen (secondary N) is 1. The monoisotopic (exact) mass is 452 g/mol. The van der Waals surface area contributed by atoms with Gasteiger partial charge in [-0.05, 0) is 49.2 Å². The van der Waals surface area contributed by atoms with E-state index >= 15 is 0 Å². The molecule has 7 nitrogen and oxygen atoms in total. The first-order valence-corrected chi connectivity index (χ1v) is 12.3. The number of sulfonamides is 1. The highest BCUT2D eigenvalue weighted by molar-refractivity contribution is 7.89. The number of rotatable bonds is 5. The molecule has 0 atom stereocenters. The molecule has 4 aromatic rings. The zero-order valence-corrected chi connectivity index (χ0v) is 18.2. The van der Waals surface area contributed by atoms with Crippen LogP contribution in [0.1, 0.15) is 23.2 Å². The first-order valence-electron chi connectivity index (χ1n) is 9.95. The summed E-state index contributed by atoms with van der Waals surface area (Å²) >= 11 is 1.58. The van der Waals surface area contributed by atoms with E-state index in [0.717, 1.165) is 29.1 Å². The van der Waals surface area contributed by atoms with E-state index in [2.05, 4.69) is 10.3 Å². The molecule has 0 saturated carbocycles. The van der Waals surface area contributed by atoms with Crippen molar-refractivity contribution in [1.82, 2.24) is 13.7 Å². The lowest BCUT2D eigenvalue weighted by Crippen LogP contribution is -2.27. The number of benzene rings is 2. The molecule has 0 bridgehead atoms. The minimum Gasteiger partial charge on any atom is -0.322 e. The zero-order chi connectivity index (χ0) is 21.4. The second kappa shape index (κ2) is 7.92. The van der Waals surface area contributed by atoms with Crippen molar-refractivity contribution >= 4 is 37.9 Å². The summed E-state index contributed by atoms with van der Waals surface area (Å²) in [6, 6.07) is 13.6. The van der Waals surface area contributed by atoms with E-state index in [-0.39, 0.29) is 10.8 Å². The fourth-order valence-corrected chi connectivity index (χ4v) is 5.87. The van der Waals surface area contributed by atoms with Gasteiger partial charge in [0.15, 0.2) is 4.96 Å². The highest BCUT2D eigenvalue weighted by Crippen LogP contribution is 2.24. The molecule has 2 aromatic heterocycles. The molecule has 0 aliphatic carbocycles. The smallest absolute Gasteiger partial charge is 0.255 e. The lowest BCUT2D eigenvalue weighted by atomic mass is 10.1. The summed E-state index contributed by atoms with van der Waals surface area (Å²) in [4.78, 5) is 18.3. The van der Waals surface area contributed by atoms with E-state index in [9.17, 15) is 13.2 Å². The normalized spacial score (nSPS) is 14.8. The molecule has 0 radical (unpaired) electrons. The average Bonchev–Trinajstić information content (AvgIpc) is 3.52. The first-order chi connectivity index (χ1) is 15.0. The summed E-state index contributed by atoms with van der Waals surface area (Å²) in [6.45, 7) is 1.11. The predicted octanol–water partition coefficient (Wildman–Crippen LogP) is 4.10. The Morgan fingerprint density at radius 1 is 1.00 bits per heavy atom. The van der Waals surface area contributed by atoms with Crippen LogP contribution in [-0.2, 0) is 10.0 Å². The van der Waals surface area contributed by atoms with Crippen molar-refractivity contribution in [1.29, 1.82) is 0 Å². The zero-order valence-electron chi connectivity index (χ0n) is 16.6. The number of amides is 1. The van der Waals surface area contributed by atoms with Crippen molar-refractivity contribution < 1.29 is 13.2 Å². The van der Waals surface area contributed by atoms with Gasteiger partial charge >= 0.3 is 0 Å². The Labute approximate surface area is 184 Å². The molecule has 5 rings (SSSR count). The summed E-state index contributed by atoms with van der Waals surface area (Å²) in [5.74, 6) is -0.291. The van der Waals surface area contributed by atoms with Crippen molar-refractivity contribution in [2.75, 3.05) is 18.4 Å². The van der Waals surface area contributed by atoms with Gasteiger partial charge in [-0.1, -0.05) is 12.1 Å². The SMILES string of the molecule is O=C(Nc1ccc(-c2cn3ccsc3n2)cc1)c1ccc(S(=O)(=O)N2CCCC2)cc1. The topological polar surface area (TPSA) is 83.8 Å². The highest BCUT2D eigenvalue weighted by atomic mass is 32.2. The number of thiazole rings is 1. The summed E-state index contributed by atoms with van der Waals surface area (Å²) in [7, 11) is -3.48. The molecule has 1 aliphatic rings.